The maximum Gasteiger partial charge on any atom is 0.0436 e. The van der Waals surface area contributed by atoms with Crippen molar-refractivity contribution in [2.24, 2.45) is 11.3 Å². The van der Waals surface area contributed by atoms with Crippen LogP contribution in [-0.4, -0.2) is 24.3 Å². The molecule has 2 atom stereocenters. The molecule has 1 fully saturated rings. The highest BCUT2D eigenvalue weighted by Gasteiger charge is 2.27. The van der Waals surface area contributed by atoms with E-state index in [0.29, 0.717) is 6.61 Å². The molecule has 0 bridgehead atoms. The smallest absolute Gasteiger partial charge is 0.0436 e. The molecule has 90 valence electrons. The van der Waals surface area contributed by atoms with Crippen LogP contribution in [-0.2, 0) is 0 Å². The van der Waals surface area contributed by atoms with E-state index in [1.165, 1.54) is 25.7 Å². The summed E-state index contributed by atoms with van der Waals surface area (Å²) in [6.07, 6.45) is 6.32. The second-order valence-electron chi connectivity index (χ2n) is 5.72. The summed E-state index contributed by atoms with van der Waals surface area (Å²) in [5, 5.41) is 12.7. The molecule has 1 aliphatic carbocycles. The first-order valence-electron chi connectivity index (χ1n) is 6.43. The van der Waals surface area contributed by atoms with Gasteiger partial charge in [0.2, 0.25) is 0 Å². The lowest BCUT2D eigenvalue weighted by molar-refractivity contribution is 0.198. The molecule has 0 radical (unpaired) electrons. The van der Waals surface area contributed by atoms with Crippen molar-refractivity contribution in [1.82, 2.24) is 5.32 Å². The van der Waals surface area contributed by atoms with E-state index in [9.17, 15) is 0 Å². The highest BCUT2D eigenvalue weighted by Crippen LogP contribution is 2.29. The number of aliphatic hydroxyl groups is 1. The van der Waals surface area contributed by atoms with Gasteiger partial charge in [0.15, 0.2) is 0 Å². The minimum atomic E-state index is 0.232. The molecule has 0 aliphatic heterocycles. The van der Waals surface area contributed by atoms with E-state index in [-0.39, 0.29) is 5.41 Å². The molecule has 0 amide bonds. The Kier molecular flexibility index (Phi) is 5.07. The van der Waals surface area contributed by atoms with Crippen molar-refractivity contribution in [3.63, 3.8) is 0 Å². The third-order valence-electron chi connectivity index (χ3n) is 3.81. The second kappa shape index (κ2) is 5.86. The first-order valence-corrected chi connectivity index (χ1v) is 6.43. The largest absolute Gasteiger partial charge is 0.396 e. The van der Waals surface area contributed by atoms with Gasteiger partial charge in [-0.05, 0) is 30.6 Å². The van der Waals surface area contributed by atoms with Crippen LogP contribution in [0, 0.1) is 11.3 Å². The van der Waals surface area contributed by atoms with Crippen LogP contribution < -0.4 is 5.32 Å². The lowest BCUT2D eigenvalue weighted by Gasteiger charge is -2.28. The molecular formula is C13H27NO. The zero-order chi connectivity index (χ0) is 11.3. The summed E-state index contributed by atoms with van der Waals surface area (Å²) >= 11 is 0. The Balaban J connectivity index is 2.29. The number of rotatable bonds is 6. The first-order chi connectivity index (χ1) is 7.09. The monoisotopic (exact) mass is 213 g/mol. The summed E-state index contributed by atoms with van der Waals surface area (Å²) < 4.78 is 0. The molecule has 0 aromatic rings. The van der Waals surface area contributed by atoms with E-state index in [0.717, 1.165) is 24.9 Å². The van der Waals surface area contributed by atoms with Gasteiger partial charge in [0, 0.05) is 19.2 Å². The van der Waals surface area contributed by atoms with Gasteiger partial charge in [0.25, 0.3) is 0 Å². The normalized spacial score (nSPS) is 27.2. The van der Waals surface area contributed by atoms with Gasteiger partial charge in [-0.2, -0.15) is 0 Å². The van der Waals surface area contributed by atoms with Gasteiger partial charge in [-0.3, -0.25) is 0 Å². The predicted octanol–water partition coefficient (Wildman–Crippen LogP) is 2.56. The standard InChI is InChI=1S/C13H27NO/c1-4-11-6-5-7-12(11)14-10-13(2,3)8-9-15/h11-12,14-15H,4-10H2,1-3H3. The zero-order valence-corrected chi connectivity index (χ0v) is 10.6. The summed E-state index contributed by atoms with van der Waals surface area (Å²) in [5.41, 5.74) is 0.232. The zero-order valence-electron chi connectivity index (χ0n) is 10.6. The lowest BCUT2D eigenvalue weighted by atomic mass is 9.89. The quantitative estimate of drug-likeness (QED) is 0.711. The summed E-state index contributed by atoms with van der Waals surface area (Å²) in [6, 6.07) is 0.730. The van der Waals surface area contributed by atoms with Crippen LogP contribution in [0.2, 0.25) is 0 Å². The van der Waals surface area contributed by atoms with Crippen LogP contribution in [0.15, 0.2) is 0 Å². The summed E-state index contributed by atoms with van der Waals surface area (Å²) in [5.74, 6) is 0.884. The molecule has 1 aliphatic rings. The minimum absolute atomic E-state index is 0.232. The Morgan fingerprint density at radius 1 is 1.33 bits per heavy atom. The number of nitrogens with one attached hydrogen (secondary N) is 1. The van der Waals surface area contributed by atoms with Crippen molar-refractivity contribution in [3.8, 4) is 0 Å². The van der Waals surface area contributed by atoms with Crippen molar-refractivity contribution >= 4 is 0 Å². The lowest BCUT2D eigenvalue weighted by Crippen LogP contribution is -2.39. The molecule has 0 heterocycles. The highest BCUT2D eigenvalue weighted by atomic mass is 16.3. The van der Waals surface area contributed by atoms with E-state index < -0.39 is 0 Å². The summed E-state index contributed by atoms with van der Waals surface area (Å²) in [6.45, 7) is 8.09. The predicted molar refractivity (Wildman–Crippen MR) is 64.9 cm³/mol. The highest BCUT2D eigenvalue weighted by molar-refractivity contribution is 4.84. The van der Waals surface area contributed by atoms with Gasteiger partial charge < -0.3 is 10.4 Å². The van der Waals surface area contributed by atoms with Gasteiger partial charge in [0.05, 0.1) is 0 Å². The molecular weight excluding hydrogens is 186 g/mol. The molecule has 2 heteroatoms. The van der Waals surface area contributed by atoms with Crippen LogP contribution in [0.25, 0.3) is 0 Å². The Morgan fingerprint density at radius 2 is 2.07 bits per heavy atom. The van der Waals surface area contributed by atoms with Crippen molar-refractivity contribution in [2.75, 3.05) is 13.2 Å². The van der Waals surface area contributed by atoms with Crippen LogP contribution in [0.5, 0.6) is 0 Å². The fourth-order valence-corrected chi connectivity index (χ4v) is 2.59. The van der Waals surface area contributed by atoms with Crippen LogP contribution >= 0.6 is 0 Å². The Labute approximate surface area is 94.5 Å². The Morgan fingerprint density at radius 3 is 2.67 bits per heavy atom. The van der Waals surface area contributed by atoms with Crippen LogP contribution in [0.1, 0.15) is 52.9 Å². The molecule has 0 saturated heterocycles. The number of aliphatic hydroxyl groups excluding tert-OH is 1. The van der Waals surface area contributed by atoms with Crippen LogP contribution in [0.3, 0.4) is 0 Å². The molecule has 1 rings (SSSR count). The van der Waals surface area contributed by atoms with Crippen molar-refractivity contribution < 1.29 is 5.11 Å². The molecule has 15 heavy (non-hydrogen) atoms. The van der Waals surface area contributed by atoms with Gasteiger partial charge in [0.1, 0.15) is 0 Å². The summed E-state index contributed by atoms with van der Waals surface area (Å²) in [4.78, 5) is 0. The van der Waals surface area contributed by atoms with E-state index >= 15 is 0 Å². The van der Waals surface area contributed by atoms with Gasteiger partial charge in [-0.15, -0.1) is 0 Å². The van der Waals surface area contributed by atoms with E-state index in [4.69, 9.17) is 5.11 Å². The molecule has 0 aromatic carbocycles. The van der Waals surface area contributed by atoms with Gasteiger partial charge in [-0.25, -0.2) is 0 Å². The van der Waals surface area contributed by atoms with Crippen molar-refractivity contribution in [2.45, 2.75) is 58.9 Å². The molecule has 2 N–H and O–H groups in total. The minimum Gasteiger partial charge on any atom is -0.396 e. The average molecular weight is 213 g/mol. The Hall–Kier alpha value is -0.0800. The maximum absolute atomic E-state index is 8.96. The second-order valence-corrected chi connectivity index (χ2v) is 5.72. The Bertz CT molecular complexity index is 179. The van der Waals surface area contributed by atoms with Crippen molar-refractivity contribution in [3.05, 3.63) is 0 Å². The fraction of sp³-hybridized carbons (Fsp3) is 1.00. The van der Waals surface area contributed by atoms with Crippen LogP contribution in [0.4, 0.5) is 0 Å². The molecule has 0 aromatic heterocycles. The molecule has 1 saturated carbocycles. The fourth-order valence-electron chi connectivity index (χ4n) is 2.59. The number of hydrogen-bond donors (Lipinski definition) is 2. The molecule has 0 spiro atoms. The number of hydrogen-bond acceptors (Lipinski definition) is 2. The first kappa shape index (κ1) is 13.0. The SMILES string of the molecule is CCC1CCCC1NCC(C)(C)CCO. The maximum atomic E-state index is 8.96. The average Bonchev–Trinajstić information content (AvgIpc) is 2.62. The van der Waals surface area contributed by atoms with Gasteiger partial charge >= 0.3 is 0 Å². The van der Waals surface area contributed by atoms with Crippen molar-refractivity contribution in [1.29, 1.82) is 0 Å². The van der Waals surface area contributed by atoms with Gasteiger partial charge in [-0.1, -0.05) is 33.6 Å². The van der Waals surface area contributed by atoms with E-state index in [1.54, 1.807) is 0 Å². The van der Waals surface area contributed by atoms with E-state index in [1.807, 2.05) is 0 Å². The van der Waals surface area contributed by atoms with E-state index in [2.05, 4.69) is 26.1 Å². The third-order valence-corrected chi connectivity index (χ3v) is 3.81. The molecule has 2 unspecified atom stereocenters. The molecule has 2 nitrogen and oxygen atoms in total. The topological polar surface area (TPSA) is 32.3 Å². The third kappa shape index (κ3) is 4.12. The summed E-state index contributed by atoms with van der Waals surface area (Å²) in [7, 11) is 0.